The second-order valence-electron chi connectivity index (χ2n) is 3.24. The summed E-state index contributed by atoms with van der Waals surface area (Å²) in [6, 6.07) is 5.69. The van der Waals surface area contributed by atoms with Gasteiger partial charge in [0.1, 0.15) is 11.5 Å². The van der Waals surface area contributed by atoms with Crippen LogP contribution in [0.2, 0.25) is 0 Å². The lowest BCUT2D eigenvalue weighted by molar-refractivity contribution is -0.384. The number of rotatable bonds is 3. The summed E-state index contributed by atoms with van der Waals surface area (Å²) < 4.78 is 14.9. The minimum Gasteiger partial charge on any atom is -0.288 e. The summed E-state index contributed by atoms with van der Waals surface area (Å²) in [5.41, 5.74) is 2.60. The Morgan fingerprint density at radius 3 is 2.59 bits per heavy atom. The first-order valence-electron chi connectivity index (χ1n) is 4.61. The second-order valence-corrected chi connectivity index (χ2v) is 4.10. The Bertz CT molecular complexity index is 557. The Hall–Kier alpha value is -1.89. The highest BCUT2D eigenvalue weighted by Gasteiger charge is 2.17. The SMILES string of the molecule is O=[N+]([O-])c1cc(Br)c(F)cc1Nn1cccc1. The molecule has 0 amide bonds. The standard InChI is InChI=1S/C10H7BrFN3O2/c11-7-5-10(15(16)17)9(6-8(7)12)13-14-3-1-2-4-14/h1-6,13H. The van der Waals surface area contributed by atoms with Crippen molar-refractivity contribution in [2.75, 3.05) is 5.43 Å². The minimum atomic E-state index is -0.573. The zero-order valence-electron chi connectivity index (χ0n) is 8.43. The Kier molecular flexibility index (Phi) is 3.10. The van der Waals surface area contributed by atoms with Crippen LogP contribution in [0.1, 0.15) is 0 Å². The average molecular weight is 300 g/mol. The van der Waals surface area contributed by atoms with E-state index in [1.165, 1.54) is 4.68 Å². The molecule has 17 heavy (non-hydrogen) atoms. The minimum absolute atomic E-state index is 0.0576. The van der Waals surface area contributed by atoms with Gasteiger partial charge in [0.2, 0.25) is 0 Å². The van der Waals surface area contributed by atoms with Gasteiger partial charge in [0.15, 0.2) is 0 Å². The van der Waals surface area contributed by atoms with E-state index in [-0.39, 0.29) is 15.8 Å². The van der Waals surface area contributed by atoms with Crippen LogP contribution < -0.4 is 5.43 Å². The third-order valence-corrected chi connectivity index (χ3v) is 2.70. The van der Waals surface area contributed by atoms with E-state index in [4.69, 9.17) is 0 Å². The largest absolute Gasteiger partial charge is 0.295 e. The number of nitro benzene ring substituents is 1. The maximum absolute atomic E-state index is 13.3. The van der Waals surface area contributed by atoms with Crippen LogP contribution in [0.5, 0.6) is 0 Å². The van der Waals surface area contributed by atoms with Gasteiger partial charge < -0.3 is 0 Å². The highest BCUT2D eigenvalue weighted by molar-refractivity contribution is 9.10. The Morgan fingerprint density at radius 2 is 2.00 bits per heavy atom. The van der Waals surface area contributed by atoms with Crippen molar-refractivity contribution in [3.63, 3.8) is 0 Å². The zero-order chi connectivity index (χ0) is 12.4. The van der Waals surface area contributed by atoms with E-state index in [0.29, 0.717) is 0 Å². The van der Waals surface area contributed by atoms with Crippen molar-refractivity contribution in [1.82, 2.24) is 4.68 Å². The lowest BCUT2D eigenvalue weighted by atomic mass is 10.2. The summed E-state index contributed by atoms with van der Waals surface area (Å²) in [7, 11) is 0. The molecule has 88 valence electrons. The fourth-order valence-corrected chi connectivity index (χ4v) is 1.66. The summed E-state index contributed by atoms with van der Waals surface area (Å²) >= 11 is 2.91. The van der Waals surface area contributed by atoms with Gasteiger partial charge in [-0.3, -0.25) is 20.2 Å². The summed E-state index contributed by atoms with van der Waals surface area (Å²) in [5.74, 6) is -0.565. The molecule has 0 radical (unpaired) electrons. The number of aromatic nitrogens is 1. The number of nitrogens with zero attached hydrogens (tertiary/aromatic N) is 2. The molecule has 5 nitrogen and oxygen atoms in total. The number of benzene rings is 1. The number of halogens is 2. The van der Waals surface area contributed by atoms with Gasteiger partial charge in [-0.15, -0.1) is 0 Å². The van der Waals surface area contributed by atoms with E-state index in [9.17, 15) is 14.5 Å². The maximum Gasteiger partial charge on any atom is 0.295 e. The van der Waals surface area contributed by atoms with Gasteiger partial charge in [-0.2, -0.15) is 0 Å². The summed E-state index contributed by atoms with van der Waals surface area (Å²) in [6.45, 7) is 0. The van der Waals surface area contributed by atoms with E-state index < -0.39 is 10.7 Å². The quantitative estimate of drug-likeness (QED) is 0.699. The van der Waals surface area contributed by atoms with Gasteiger partial charge in [0.25, 0.3) is 5.69 Å². The predicted molar refractivity (Wildman–Crippen MR) is 64.2 cm³/mol. The van der Waals surface area contributed by atoms with E-state index in [1.54, 1.807) is 24.5 Å². The van der Waals surface area contributed by atoms with Gasteiger partial charge in [0.05, 0.1) is 9.40 Å². The van der Waals surface area contributed by atoms with Crippen molar-refractivity contribution in [3.05, 3.63) is 57.1 Å². The third kappa shape index (κ3) is 2.44. The first-order valence-corrected chi connectivity index (χ1v) is 5.40. The molecule has 1 aromatic carbocycles. The number of nitrogens with one attached hydrogen (secondary N) is 1. The maximum atomic E-state index is 13.3. The molecule has 0 saturated heterocycles. The van der Waals surface area contributed by atoms with Gasteiger partial charge in [0, 0.05) is 24.5 Å². The Labute approximate surface area is 104 Å². The molecule has 2 rings (SSSR count). The van der Waals surface area contributed by atoms with Crippen molar-refractivity contribution < 1.29 is 9.31 Å². The van der Waals surface area contributed by atoms with E-state index in [1.807, 2.05) is 0 Å². The number of anilines is 1. The molecule has 0 atom stereocenters. The van der Waals surface area contributed by atoms with Crippen LogP contribution in [0, 0.1) is 15.9 Å². The van der Waals surface area contributed by atoms with E-state index >= 15 is 0 Å². The monoisotopic (exact) mass is 299 g/mol. The highest BCUT2D eigenvalue weighted by atomic mass is 79.9. The molecule has 0 aliphatic heterocycles. The van der Waals surface area contributed by atoms with Crippen molar-refractivity contribution in [1.29, 1.82) is 0 Å². The first-order chi connectivity index (χ1) is 8.08. The van der Waals surface area contributed by atoms with Crippen molar-refractivity contribution in [3.8, 4) is 0 Å². The molecule has 1 N–H and O–H groups in total. The first kappa shape index (κ1) is 11.6. The number of nitro groups is 1. The third-order valence-electron chi connectivity index (χ3n) is 2.09. The average Bonchev–Trinajstić information content (AvgIpc) is 2.75. The molecule has 0 saturated carbocycles. The van der Waals surface area contributed by atoms with Crippen LogP contribution in [0.25, 0.3) is 0 Å². The smallest absolute Gasteiger partial charge is 0.288 e. The molecule has 0 spiro atoms. The Balaban J connectivity index is 2.44. The molecular weight excluding hydrogens is 293 g/mol. The van der Waals surface area contributed by atoms with Crippen LogP contribution >= 0.6 is 15.9 Å². The lowest BCUT2D eigenvalue weighted by Crippen LogP contribution is -2.08. The summed E-state index contributed by atoms with van der Waals surface area (Å²) in [6.07, 6.45) is 3.31. The fourth-order valence-electron chi connectivity index (χ4n) is 1.33. The molecule has 0 unspecified atom stereocenters. The molecule has 1 heterocycles. The van der Waals surface area contributed by atoms with Crippen LogP contribution in [-0.2, 0) is 0 Å². The van der Waals surface area contributed by atoms with Crippen LogP contribution in [0.15, 0.2) is 41.1 Å². The molecule has 0 fully saturated rings. The van der Waals surface area contributed by atoms with Gasteiger partial charge in [-0.05, 0) is 28.1 Å². The fraction of sp³-hybridized carbons (Fsp3) is 0. The van der Waals surface area contributed by atoms with Gasteiger partial charge in [-0.1, -0.05) is 0 Å². The van der Waals surface area contributed by atoms with E-state index in [0.717, 1.165) is 12.1 Å². The molecule has 0 aliphatic rings. The lowest BCUT2D eigenvalue weighted by Gasteiger charge is -2.08. The summed E-state index contributed by atoms with van der Waals surface area (Å²) in [4.78, 5) is 10.3. The highest BCUT2D eigenvalue weighted by Crippen LogP contribution is 2.30. The number of hydrogen-bond donors (Lipinski definition) is 1. The van der Waals surface area contributed by atoms with Crippen LogP contribution in [0.3, 0.4) is 0 Å². The van der Waals surface area contributed by atoms with Gasteiger partial charge in [-0.25, -0.2) is 4.39 Å². The van der Waals surface area contributed by atoms with Crippen molar-refractivity contribution in [2.24, 2.45) is 0 Å². The zero-order valence-corrected chi connectivity index (χ0v) is 10.0. The molecule has 7 heteroatoms. The van der Waals surface area contributed by atoms with Gasteiger partial charge >= 0.3 is 0 Å². The molecular formula is C10H7BrFN3O2. The normalized spacial score (nSPS) is 10.2. The van der Waals surface area contributed by atoms with Crippen LogP contribution in [0.4, 0.5) is 15.8 Å². The van der Waals surface area contributed by atoms with Crippen molar-refractivity contribution >= 4 is 27.3 Å². The summed E-state index contributed by atoms with van der Waals surface area (Å²) in [5, 5.41) is 10.8. The van der Waals surface area contributed by atoms with Crippen molar-refractivity contribution in [2.45, 2.75) is 0 Å². The Morgan fingerprint density at radius 1 is 1.35 bits per heavy atom. The number of hydrogen-bond acceptors (Lipinski definition) is 3. The topological polar surface area (TPSA) is 60.1 Å². The molecule has 0 bridgehead atoms. The van der Waals surface area contributed by atoms with Crippen LogP contribution in [-0.4, -0.2) is 9.60 Å². The molecule has 2 aromatic rings. The second kappa shape index (κ2) is 4.54. The molecule has 1 aromatic heterocycles. The molecule has 0 aliphatic carbocycles. The van der Waals surface area contributed by atoms with E-state index in [2.05, 4.69) is 21.4 Å². The predicted octanol–water partition coefficient (Wildman–Crippen LogP) is 3.17.